The van der Waals surface area contributed by atoms with Crippen LogP contribution in [0.25, 0.3) is 0 Å². The fourth-order valence-electron chi connectivity index (χ4n) is 3.02. The summed E-state index contributed by atoms with van der Waals surface area (Å²) in [5.74, 6) is -1.40. The molecule has 6 nitrogen and oxygen atoms in total. The molecular weight excluding hydrogens is 458 g/mol. The highest BCUT2D eigenvalue weighted by Crippen LogP contribution is 2.08. The van der Waals surface area contributed by atoms with Gasteiger partial charge in [0, 0.05) is 13.1 Å². The smallest absolute Gasteiger partial charge is 0.252 e. The molecule has 2 aromatic rings. The molecule has 31 heavy (non-hydrogen) atoms. The van der Waals surface area contributed by atoms with E-state index in [1.165, 1.54) is 0 Å². The first kappa shape index (κ1) is 24.6. The highest BCUT2D eigenvalue weighted by molar-refractivity contribution is 9.10. The van der Waals surface area contributed by atoms with E-state index in [1.807, 2.05) is 67.6 Å². The lowest BCUT2D eigenvalue weighted by Crippen LogP contribution is -2.56. The lowest BCUT2D eigenvalue weighted by atomic mass is 10.1. The molecule has 2 rings (SSSR count). The molecule has 0 aliphatic rings. The normalized spacial score (nSPS) is 11.6. The molecule has 1 unspecified atom stereocenters. The van der Waals surface area contributed by atoms with Crippen LogP contribution in [0.15, 0.2) is 60.7 Å². The second-order valence-corrected chi connectivity index (χ2v) is 8.36. The van der Waals surface area contributed by atoms with E-state index < -0.39 is 22.7 Å². The largest absolute Gasteiger partial charge is 0.354 e. The van der Waals surface area contributed by atoms with E-state index in [0.717, 1.165) is 17.5 Å². The molecule has 0 bridgehead atoms. The number of nitrogens with one attached hydrogen (secondary N) is 3. The number of rotatable bonds is 12. The first-order chi connectivity index (χ1) is 15.0. The summed E-state index contributed by atoms with van der Waals surface area (Å²) in [5, 5.41) is 8.12. The molecular formula is C24H30BrN3O3. The van der Waals surface area contributed by atoms with Gasteiger partial charge in [-0.1, -0.05) is 89.9 Å². The fourth-order valence-corrected chi connectivity index (χ4v) is 3.61. The van der Waals surface area contributed by atoms with Crippen molar-refractivity contribution in [2.24, 2.45) is 0 Å². The standard InChI is InChI=1S/C24H30BrN3O3/c1-2-9-20(25)22(29)28-21(23(30)26-16-14-18-10-5-3-6-11-18)24(31)27-17-15-19-12-7-4-8-13-19/h3-8,10-13,20-21H,2,9,14-17H2,1H3,(H,26,30)(H,27,31)(H,28,29). The molecule has 0 aliphatic heterocycles. The molecule has 7 heteroatoms. The van der Waals surface area contributed by atoms with Gasteiger partial charge in [0.1, 0.15) is 0 Å². The van der Waals surface area contributed by atoms with E-state index in [0.29, 0.717) is 32.4 Å². The average molecular weight is 488 g/mol. The lowest BCUT2D eigenvalue weighted by molar-refractivity contribution is -0.136. The topological polar surface area (TPSA) is 87.3 Å². The number of alkyl halides is 1. The Morgan fingerprint density at radius 1 is 0.774 bits per heavy atom. The van der Waals surface area contributed by atoms with Crippen LogP contribution in [-0.4, -0.2) is 41.7 Å². The van der Waals surface area contributed by atoms with Crippen LogP contribution < -0.4 is 16.0 Å². The lowest BCUT2D eigenvalue weighted by Gasteiger charge is -2.20. The number of carbonyl (C=O) groups is 3. The van der Waals surface area contributed by atoms with Crippen LogP contribution >= 0.6 is 15.9 Å². The summed E-state index contributed by atoms with van der Waals surface area (Å²) in [6.07, 6.45) is 2.70. The van der Waals surface area contributed by atoms with E-state index in [4.69, 9.17) is 0 Å². The molecule has 0 aliphatic carbocycles. The maximum absolute atomic E-state index is 12.7. The third-order valence-electron chi connectivity index (χ3n) is 4.75. The minimum absolute atomic E-state index is 0.372. The zero-order chi connectivity index (χ0) is 22.5. The zero-order valence-electron chi connectivity index (χ0n) is 17.8. The molecule has 0 aromatic heterocycles. The first-order valence-electron chi connectivity index (χ1n) is 10.6. The van der Waals surface area contributed by atoms with Crippen LogP contribution in [-0.2, 0) is 27.2 Å². The Balaban J connectivity index is 1.94. The Bertz CT molecular complexity index is 773. The van der Waals surface area contributed by atoms with E-state index in [9.17, 15) is 14.4 Å². The summed E-state index contributed by atoms with van der Waals surface area (Å²) in [7, 11) is 0. The summed E-state index contributed by atoms with van der Waals surface area (Å²) < 4.78 is 0. The highest BCUT2D eigenvalue weighted by atomic mass is 79.9. The Hall–Kier alpha value is -2.67. The van der Waals surface area contributed by atoms with Gasteiger partial charge in [0.25, 0.3) is 11.8 Å². The van der Waals surface area contributed by atoms with Gasteiger partial charge in [-0.3, -0.25) is 14.4 Å². The molecule has 0 spiro atoms. The zero-order valence-corrected chi connectivity index (χ0v) is 19.4. The second kappa shape index (κ2) is 13.6. The molecule has 2 aromatic carbocycles. The Morgan fingerprint density at radius 2 is 1.23 bits per heavy atom. The van der Waals surface area contributed by atoms with Crippen molar-refractivity contribution in [3.05, 3.63) is 71.8 Å². The van der Waals surface area contributed by atoms with E-state index >= 15 is 0 Å². The molecule has 0 heterocycles. The number of amides is 3. The molecule has 3 amide bonds. The number of benzene rings is 2. The van der Waals surface area contributed by atoms with Crippen LogP contribution in [0.3, 0.4) is 0 Å². The van der Waals surface area contributed by atoms with Crippen LogP contribution in [0.4, 0.5) is 0 Å². The second-order valence-electron chi connectivity index (χ2n) is 7.25. The van der Waals surface area contributed by atoms with Gasteiger partial charge in [-0.15, -0.1) is 0 Å². The quantitative estimate of drug-likeness (QED) is 0.317. The van der Waals surface area contributed by atoms with Crippen molar-refractivity contribution in [3.8, 4) is 0 Å². The van der Waals surface area contributed by atoms with Crippen molar-refractivity contribution in [2.75, 3.05) is 13.1 Å². The van der Waals surface area contributed by atoms with Crippen molar-refractivity contribution in [2.45, 2.75) is 43.5 Å². The van der Waals surface area contributed by atoms with Crippen molar-refractivity contribution < 1.29 is 14.4 Å². The summed E-state index contributed by atoms with van der Waals surface area (Å²) >= 11 is 3.32. The van der Waals surface area contributed by atoms with E-state index in [-0.39, 0.29) is 5.91 Å². The van der Waals surface area contributed by atoms with Crippen molar-refractivity contribution in [1.82, 2.24) is 16.0 Å². The predicted molar refractivity (Wildman–Crippen MR) is 126 cm³/mol. The Kier molecular flexibility index (Phi) is 10.8. The van der Waals surface area contributed by atoms with E-state index in [1.54, 1.807) is 0 Å². The molecule has 166 valence electrons. The Labute approximate surface area is 192 Å². The molecule has 0 saturated carbocycles. The number of halogens is 1. The van der Waals surface area contributed by atoms with Gasteiger partial charge in [-0.2, -0.15) is 0 Å². The van der Waals surface area contributed by atoms with Gasteiger partial charge < -0.3 is 16.0 Å². The third-order valence-corrected chi connectivity index (χ3v) is 5.62. The Morgan fingerprint density at radius 3 is 1.65 bits per heavy atom. The van der Waals surface area contributed by atoms with Gasteiger partial charge in [0.05, 0.1) is 4.83 Å². The third kappa shape index (κ3) is 8.92. The SMILES string of the molecule is CCCC(Br)C(=O)NC(C(=O)NCCc1ccccc1)C(=O)NCCc1ccccc1. The predicted octanol–water partition coefficient (Wildman–Crippen LogP) is 2.75. The van der Waals surface area contributed by atoms with Crippen molar-refractivity contribution >= 4 is 33.7 Å². The fraction of sp³-hybridized carbons (Fsp3) is 0.375. The molecule has 1 atom stereocenters. The van der Waals surface area contributed by atoms with Gasteiger partial charge in [0.2, 0.25) is 5.91 Å². The minimum atomic E-state index is -1.28. The number of hydrogen-bond acceptors (Lipinski definition) is 3. The number of hydrogen-bond donors (Lipinski definition) is 3. The summed E-state index contributed by atoms with van der Waals surface area (Å²) in [5.41, 5.74) is 2.17. The van der Waals surface area contributed by atoms with Crippen molar-refractivity contribution in [1.29, 1.82) is 0 Å². The van der Waals surface area contributed by atoms with Crippen LogP contribution in [0.1, 0.15) is 30.9 Å². The summed E-state index contributed by atoms with van der Waals surface area (Å²) in [6, 6.07) is 18.2. The van der Waals surface area contributed by atoms with Crippen LogP contribution in [0.2, 0.25) is 0 Å². The van der Waals surface area contributed by atoms with Gasteiger partial charge >= 0.3 is 0 Å². The summed E-state index contributed by atoms with van der Waals surface area (Å²) in [4.78, 5) is 37.4. The van der Waals surface area contributed by atoms with Crippen molar-refractivity contribution in [3.63, 3.8) is 0 Å². The maximum Gasteiger partial charge on any atom is 0.252 e. The van der Waals surface area contributed by atoms with E-state index in [2.05, 4.69) is 31.9 Å². The molecule has 3 N–H and O–H groups in total. The summed E-state index contributed by atoms with van der Waals surface area (Å²) in [6.45, 7) is 2.71. The average Bonchev–Trinajstić information content (AvgIpc) is 2.78. The van der Waals surface area contributed by atoms with Crippen LogP contribution in [0.5, 0.6) is 0 Å². The minimum Gasteiger partial charge on any atom is -0.354 e. The molecule has 0 radical (unpaired) electrons. The first-order valence-corrected chi connectivity index (χ1v) is 11.5. The number of carbonyl (C=O) groups excluding carboxylic acids is 3. The monoisotopic (exact) mass is 487 g/mol. The van der Waals surface area contributed by atoms with Gasteiger partial charge in [0.15, 0.2) is 6.04 Å². The molecule has 0 fully saturated rings. The van der Waals surface area contributed by atoms with Crippen LogP contribution in [0, 0.1) is 0 Å². The maximum atomic E-state index is 12.7. The molecule has 0 saturated heterocycles. The van der Waals surface area contributed by atoms with Gasteiger partial charge in [-0.25, -0.2) is 0 Å². The van der Waals surface area contributed by atoms with Gasteiger partial charge in [-0.05, 0) is 30.4 Å². The highest BCUT2D eigenvalue weighted by Gasteiger charge is 2.29.